The van der Waals surface area contributed by atoms with Gasteiger partial charge < -0.3 is 19.9 Å². The van der Waals surface area contributed by atoms with Crippen molar-refractivity contribution in [3.8, 4) is 21.9 Å². The van der Waals surface area contributed by atoms with Gasteiger partial charge in [-0.2, -0.15) is 0 Å². The lowest BCUT2D eigenvalue weighted by molar-refractivity contribution is -0.139. The zero-order valence-corrected chi connectivity index (χ0v) is 20.6. The number of para-hydroxylation sites is 1. The zero-order chi connectivity index (χ0) is 25.1. The van der Waals surface area contributed by atoms with Crippen molar-refractivity contribution in [2.75, 3.05) is 25.6 Å². The molecule has 182 valence electrons. The second-order valence-electron chi connectivity index (χ2n) is 8.49. The Labute approximate surface area is 212 Å². The first kappa shape index (κ1) is 23.6. The van der Waals surface area contributed by atoms with Crippen molar-refractivity contribution < 1.29 is 24.2 Å². The van der Waals surface area contributed by atoms with E-state index in [2.05, 4.69) is 23.5 Å². The molecule has 0 atom stereocenters. The number of hydrogen-bond donors (Lipinski definition) is 2. The summed E-state index contributed by atoms with van der Waals surface area (Å²) >= 11 is 1.64. The zero-order valence-electron chi connectivity index (χ0n) is 19.7. The van der Waals surface area contributed by atoms with Gasteiger partial charge in [-0.25, -0.2) is 4.79 Å². The first-order chi connectivity index (χ1) is 17.5. The van der Waals surface area contributed by atoms with Crippen LogP contribution in [-0.2, 0) is 11.2 Å². The number of carbonyl (C=O) groups is 2. The van der Waals surface area contributed by atoms with Crippen molar-refractivity contribution in [1.29, 1.82) is 0 Å². The highest BCUT2D eigenvalue weighted by Crippen LogP contribution is 2.42. The highest BCUT2D eigenvalue weighted by molar-refractivity contribution is 7.22. The Kier molecular flexibility index (Phi) is 6.73. The van der Waals surface area contributed by atoms with Gasteiger partial charge in [-0.3, -0.25) is 4.79 Å². The third-order valence-corrected chi connectivity index (χ3v) is 7.28. The summed E-state index contributed by atoms with van der Waals surface area (Å²) in [7, 11) is 1.57. The van der Waals surface area contributed by atoms with E-state index < -0.39 is 12.6 Å². The average molecular weight is 500 g/mol. The van der Waals surface area contributed by atoms with Crippen LogP contribution in [0.15, 0.2) is 66.7 Å². The number of aliphatic carboxylic acids is 1. The molecule has 0 amide bonds. The molecule has 2 N–H and O–H groups in total. The van der Waals surface area contributed by atoms with E-state index in [1.807, 2.05) is 36.4 Å². The number of rotatable bonds is 8. The van der Waals surface area contributed by atoms with Crippen molar-refractivity contribution in [1.82, 2.24) is 0 Å². The number of ether oxygens (including phenoxy) is 2. The first-order valence-corrected chi connectivity index (χ1v) is 12.5. The number of carboxylic acid groups (broad SMARTS) is 1. The number of aryl methyl sites for hydroxylation is 1. The molecule has 6 nitrogen and oxygen atoms in total. The Morgan fingerprint density at radius 2 is 1.94 bits per heavy atom. The lowest BCUT2D eigenvalue weighted by Crippen LogP contribution is -2.15. The van der Waals surface area contributed by atoms with E-state index in [1.54, 1.807) is 30.6 Å². The molecule has 1 aliphatic rings. The number of ketones is 1. The molecule has 0 radical (unpaired) electrons. The van der Waals surface area contributed by atoms with Crippen LogP contribution in [0, 0.1) is 0 Å². The maximum atomic E-state index is 13.2. The predicted molar refractivity (Wildman–Crippen MR) is 144 cm³/mol. The second kappa shape index (κ2) is 10.3. The van der Waals surface area contributed by atoms with E-state index in [9.17, 15) is 9.59 Å². The SMILES string of the molecule is COc1cc(OCC(=O)O)c(/C=C/C(=O)c2cccc3c2NCCC3)cc1-c1cc2ccccc2s1. The van der Waals surface area contributed by atoms with Crippen molar-refractivity contribution >= 4 is 44.9 Å². The summed E-state index contributed by atoms with van der Waals surface area (Å²) in [5.74, 6) is -0.330. The van der Waals surface area contributed by atoms with Gasteiger partial charge >= 0.3 is 5.97 Å². The van der Waals surface area contributed by atoms with Crippen molar-refractivity contribution in [2.45, 2.75) is 12.8 Å². The smallest absolute Gasteiger partial charge is 0.341 e. The van der Waals surface area contributed by atoms with Crippen LogP contribution in [0.2, 0.25) is 0 Å². The molecule has 0 saturated carbocycles. The Morgan fingerprint density at radius 1 is 1.08 bits per heavy atom. The first-order valence-electron chi connectivity index (χ1n) is 11.7. The molecule has 0 fully saturated rings. The molecule has 0 aliphatic carbocycles. The Bertz CT molecular complexity index is 1450. The van der Waals surface area contributed by atoms with Gasteiger partial charge in [0.05, 0.1) is 7.11 Å². The van der Waals surface area contributed by atoms with Crippen LogP contribution in [0.3, 0.4) is 0 Å². The van der Waals surface area contributed by atoms with E-state index in [0.717, 1.165) is 51.2 Å². The Hall–Kier alpha value is -4.10. The Balaban J connectivity index is 1.55. The van der Waals surface area contributed by atoms with Crippen molar-refractivity contribution in [3.63, 3.8) is 0 Å². The molecular formula is C29H25NO5S. The van der Waals surface area contributed by atoms with Gasteiger partial charge in [-0.15, -0.1) is 11.3 Å². The standard InChI is InChI=1S/C29H25NO5S/c1-34-25-16-24(35-17-28(32)33)19(14-22(25)27-15-20-6-2-3-10-26(20)36-27)11-12-23(31)21-9-4-7-18-8-5-13-30-29(18)21/h2-4,6-7,9-12,14-16,30H,5,8,13,17H2,1H3,(H,32,33)/b12-11+. The van der Waals surface area contributed by atoms with Gasteiger partial charge in [0.2, 0.25) is 0 Å². The molecule has 1 aliphatic heterocycles. The third kappa shape index (κ3) is 4.83. The van der Waals surface area contributed by atoms with Crippen LogP contribution < -0.4 is 14.8 Å². The normalized spacial score (nSPS) is 12.8. The minimum Gasteiger partial charge on any atom is -0.496 e. The molecule has 7 heteroatoms. The minimum absolute atomic E-state index is 0.135. The maximum absolute atomic E-state index is 13.2. The fourth-order valence-corrected chi connectivity index (χ4v) is 5.50. The number of carbonyl (C=O) groups excluding carboxylic acids is 1. The summed E-state index contributed by atoms with van der Waals surface area (Å²) in [5, 5.41) is 13.6. The van der Waals surface area contributed by atoms with Gasteiger partial charge in [0.1, 0.15) is 11.5 Å². The number of carboxylic acids is 1. The molecular weight excluding hydrogens is 474 g/mol. The van der Waals surface area contributed by atoms with Crippen LogP contribution in [0.4, 0.5) is 5.69 Å². The summed E-state index contributed by atoms with van der Waals surface area (Å²) in [6.07, 6.45) is 5.17. The van der Waals surface area contributed by atoms with Gasteiger partial charge in [-0.05, 0) is 60.2 Å². The monoisotopic (exact) mass is 499 g/mol. The van der Waals surface area contributed by atoms with Crippen LogP contribution >= 0.6 is 11.3 Å². The quantitative estimate of drug-likeness (QED) is 0.219. The van der Waals surface area contributed by atoms with Crippen molar-refractivity contribution in [3.05, 3.63) is 83.4 Å². The number of allylic oxidation sites excluding steroid dienone is 1. The van der Waals surface area contributed by atoms with E-state index in [4.69, 9.17) is 14.6 Å². The fraction of sp³-hybridized carbons (Fsp3) is 0.172. The van der Waals surface area contributed by atoms with Crippen LogP contribution in [0.1, 0.15) is 27.9 Å². The molecule has 4 aromatic rings. The molecule has 0 spiro atoms. The summed E-state index contributed by atoms with van der Waals surface area (Å²) in [4.78, 5) is 25.4. The molecule has 0 bridgehead atoms. The molecule has 3 aromatic carbocycles. The second-order valence-corrected chi connectivity index (χ2v) is 9.57. The minimum atomic E-state index is -1.09. The van der Waals surface area contributed by atoms with E-state index in [-0.39, 0.29) is 5.78 Å². The molecule has 5 rings (SSSR count). The molecule has 36 heavy (non-hydrogen) atoms. The largest absolute Gasteiger partial charge is 0.496 e. The lowest BCUT2D eigenvalue weighted by Gasteiger charge is -2.20. The van der Waals surface area contributed by atoms with E-state index >= 15 is 0 Å². The third-order valence-electron chi connectivity index (χ3n) is 6.13. The summed E-state index contributed by atoms with van der Waals surface area (Å²) in [6.45, 7) is 0.335. The number of methoxy groups -OCH3 is 1. The highest BCUT2D eigenvalue weighted by atomic mass is 32.1. The molecule has 2 heterocycles. The number of benzene rings is 3. The lowest BCUT2D eigenvalue weighted by atomic mass is 9.97. The predicted octanol–water partition coefficient (Wildman–Crippen LogP) is 6.29. The summed E-state index contributed by atoms with van der Waals surface area (Å²) < 4.78 is 12.4. The number of hydrogen-bond acceptors (Lipinski definition) is 6. The number of thiophene rings is 1. The number of nitrogens with one attached hydrogen (secondary N) is 1. The van der Waals surface area contributed by atoms with Gasteiger partial charge in [0.15, 0.2) is 12.4 Å². The van der Waals surface area contributed by atoms with Crippen LogP contribution in [0.25, 0.3) is 26.6 Å². The highest BCUT2D eigenvalue weighted by Gasteiger charge is 2.18. The summed E-state index contributed by atoms with van der Waals surface area (Å²) in [5.41, 5.74) is 4.08. The number of anilines is 1. The topological polar surface area (TPSA) is 84.9 Å². The molecule has 0 unspecified atom stereocenters. The fourth-order valence-electron chi connectivity index (χ4n) is 4.42. The van der Waals surface area contributed by atoms with Crippen molar-refractivity contribution in [2.24, 2.45) is 0 Å². The average Bonchev–Trinajstić information content (AvgIpc) is 3.34. The van der Waals surface area contributed by atoms with Crippen LogP contribution in [0.5, 0.6) is 11.5 Å². The van der Waals surface area contributed by atoms with Gasteiger partial charge in [0, 0.05) is 44.6 Å². The van der Waals surface area contributed by atoms with E-state index in [0.29, 0.717) is 22.6 Å². The summed E-state index contributed by atoms with van der Waals surface area (Å²) in [6, 6.07) is 19.5. The molecule has 0 saturated heterocycles. The van der Waals surface area contributed by atoms with Gasteiger partial charge in [-0.1, -0.05) is 30.3 Å². The molecule has 1 aromatic heterocycles. The van der Waals surface area contributed by atoms with E-state index in [1.165, 1.54) is 6.08 Å². The van der Waals surface area contributed by atoms with Gasteiger partial charge in [0.25, 0.3) is 0 Å². The number of fused-ring (bicyclic) bond motifs is 2. The maximum Gasteiger partial charge on any atom is 0.341 e. The van der Waals surface area contributed by atoms with Crippen LogP contribution in [-0.4, -0.2) is 37.1 Å². The Morgan fingerprint density at radius 3 is 2.75 bits per heavy atom.